The van der Waals surface area contributed by atoms with Gasteiger partial charge in [-0.3, -0.25) is 13.9 Å². The third-order valence-corrected chi connectivity index (χ3v) is 7.48. The predicted octanol–water partition coefficient (Wildman–Crippen LogP) is 4.83. The Morgan fingerprint density at radius 3 is 2.12 bits per heavy atom. The molecule has 1 N–H and O–H groups in total. The minimum Gasteiger partial charge on any atom is -0.497 e. The molecule has 9 nitrogen and oxygen atoms in total. The number of anilines is 1. The summed E-state index contributed by atoms with van der Waals surface area (Å²) in [5.41, 5.74) is 1.06. The van der Waals surface area contributed by atoms with Crippen LogP contribution in [0.4, 0.5) is 5.69 Å². The van der Waals surface area contributed by atoms with Crippen molar-refractivity contribution in [3.05, 3.63) is 84.4 Å². The number of carbonyl (C=O) groups is 2. The lowest BCUT2D eigenvalue weighted by atomic mass is 10.1. The van der Waals surface area contributed by atoms with Gasteiger partial charge in [-0.1, -0.05) is 51.1 Å². The first kappa shape index (κ1) is 31.5. The summed E-state index contributed by atoms with van der Waals surface area (Å²) in [6.45, 7) is 5.89. The lowest BCUT2D eigenvalue weighted by Gasteiger charge is -2.33. The summed E-state index contributed by atoms with van der Waals surface area (Å²) in [6.07, 6.45) is 1.40. The number of rotatable bonds is 14. The van der Waals surface area contributed by atoms with Crippen LogP contribution in [-0.2, 0) is 26.2 Å². The van der Waals surface area contributed by atoms with Gasteiger partial charge in [0.1, 0.15) is 29.8 Å². The first-order chi connectivity index (χ1) is 19.5. The average Bonchev–Trinajstić information content (AvgIpc) is 2.95. The highest BCUT2D eigenvalue weighted by molar-refractivity contribution is 7.92. The highest BCUT2D eigenvalue weighted by atomic mass is 32.2. The lowest BCUT2D eigenvalue weighted by molar-refractivity contribution is -0.140. The number of ether oxygens (including phenoxy) is 2. The van der Waals surface area contributed by atoms with Gasteiger partial charge in [-0.2, -0.15) is 0 Å². The van der Waals surface area contributed by atoms with Gasteiger partial charge >= 0.3 is 0 Å². The molecule has 1 atom stereocenters. The minimum absolute atomic E-state index is 0.102. The van der Waals surface area contributed by atoms with Crippen molar-refractivity contribution in [3.8, 4) is 17.2 Å². The van der Waals surface area contributed by atoms with Crippen LogP contribution in [0.1, 0.15) is 32.8 Å². The highest BCUT2D eigenvalue weighted by Gasteiger charge is 2.31. The van der Waals surface area contributed by atoms with E-state index < -0.39 is 28.5 Å². The topological polar surface area (TPSA) is 105 Å². The van der Waals surface area contributed by atoms with E-state index in [9.17, 15) is 18.0 Å². The van der Waals surface area contributed by atoms with E-state index in [1.165, 1.54) is 4.90 Å². The smallest absolute Gasteiger partial charge is 0.244 e. The molecule has 0 fully saturated rings. The van der Waals surface area contributed by atoms with E-state index in [-0.39, 0.29) is 18.4 Å². The van der Waals surface area contributed by atoms with Crippen LogP contribution in [0.3, 0.4) is 0 Å². The van der Waals surface area contributed by atoms with Gasteiger partial charge in [0.2, 0.25) is 21.8 Å². The van der Waals surface area contributed by atoms with E-state index in [4.69, 9.17) is 9.47 Å². The third-order valence-electron chi connectivity index (χ3n) is 6.34. The monoisotopic (exact) mass is 581 g/mol. The molecule has 0 saturated heterocycles. The van der Waals surface area contributed by atoms with Crippen molar-refractivity contribution in [3.63, 3.8) is 0 Å². The van der Waals surface area contributed by atoms with E-state index in [1.807, 2.05) is 57.2 Å². The van der Waals surface area contributed by atoms with E-state index in [1.54, 1.807) is 49.6 Å². The molecule has 0 heterocycles. The summed E-state index contributed by atoms with van der Waals surface area (Å²) in [5, 5.41) is 2.91. The highest BCUT2D eigenvalue weighted by Crippen LogP contribution is 2.26. The number of carbonyl (C=O) groups excluding carboxylic acids is 2. The van der Waals surface area contributed by atoms with Crippen LogP contribution in [0.15, 0.2) is 78.9 Å². The fraction of sp³-hybridized carbons (Fsp3) is 0.355. The van der Waals surface area contributed by atoms with Crippen molar-refractivity contribution >= 4 is 27.5 Å². The second-order valence-electron chi connectivity index (χ2n) is 10.1. The van der Waals surface area contributed by atoms with Gasteiger partial charge in [0.05, 0.1) is 19.1 Å². The zero-order valence-corrected chi connectivity index (χ0v) is 25.1. The largest absolute Gasteiger partial charge is 0.497 e. The zero-order valence-electron chi connectivity index (χ0n) is 24.2. The maximum atomic E-state index is 13.9. The van der Waals surface area contributed by atoms with Crippen molar-refractivity contribution in [2.45, 2.75) is 39.8 Å². The molecule has 0 unspecified atom stereocenters. The quantitative estimate of drug-likeness (QED) is 0.292. The number of hydrogen-bond acceptors (Lipinski definition) is 6. The molecular weight excluding hydrogens is 542 g/mol. The Morgan fingerprint density at radius 2 is 1.54 bits per heavy atom. The Morgan fingerprint density at radius 1 is 0.902 bits per heavy atom. The van der Waals surface area contributed by atoms with E-state index in [0.29, 0.717) is 35.9 Å². The van der Waals surface area contributed by atoms with Crippen LogP contribution in [0, 0.1) is 5.92 Å². The van der Waals surface area contributed by atoms with E-state index in [2.05, 4.69) is 5.32 Å². The van der Waals surface area contributed by atoms with Crippen molar-refractivity contribution in [2.24, 2.45) is 5.92 Å². The Balaban J connectivity index is 1.90. The van der Waals surface area contributed by atoms with Gasteiger partial charge in [0.25, 0.3) is 0 Å². The fourth-order valence-electron chi connectivity index (χ4n) is 4.23. The number of methoxy groups -OCH3 is 1. The molecule has 0 bridgehead atoms. The molecule has 41 heavy (non-hydrogen) atoms. The fourth-order valence-corrected chi connectivity index (χ4v) is 5.08. The Labute approximate surface area is 243 Å². The van der Waals surface area contributed by atoms with Crippen LogP contribution >= 0.6 is 0 Å². The summed E-state index contributed by atoms with van der Waals surface area (Å²) in [7, 11) is -2.30. The molecule has 0 aliphatic rings. The van der Waals surface area contributed by atoms with Gasteiger partial charge in [0.15, 0.2) is 0 Å². The summed E-state index contributed by atoms with van der Waals surface area (Å²) in [4.78, 5) is 28.5. The van der Waals surface area contributed by atoms with Crippen molar-refractivity contribution in [2.75, 3.05) is 30.8 Å². The Bertz CT molecular complexity index is 1390. The minimum atomic E-state index is -3.85. The Kier molecular flexibility index (Phi) is 11.2. The second-order valence-corrected chi connectivity index (χ2v) is 12.0. The first-order valence-electron chi connectivity index (χ1n) is 13.5. The number of para-hydroxylation sites is 1. The summed E-state index contributed by atoms with van der Waals surface area (Å²) >= 11 is 0. The van der Waals surface area contributed by atoms with Crippen molar-refractivity contribution in [1.82, 2.24) is 10.2 Å². The first-order valence-corrected chi connectivity index (χ1v) is 15.4. The zero-order chi connectivity index (χ0) is 30.0. The number of benzene rings is 3. The van der Waals surface area contributed by atoms with Crippen LogP contribution < -0.4 is 19.1 Å². The summed E-state index contributed by atoms with van der Waals surface area (Å²) in [6, 6.07) is 22.1. The molecule has 0 aliphatic heterocycles. The SMILES string of the molecule is CC[C@H](C(=O)NCC(C)C)N(Cc1cccc(OC)c1)C(=O)CN(c1ccc(Oc2ccccc2)cc1)S(C)(=O)=O. The van der Waals surface area contributed by atoms with Gasteiger partial charge < -0.3 is 19.7 Å². The number of amides is 2. The third kappa shape index (κ3) is 9.24. The van der Waals surface area contributed by atoms with Crippen molar-refractivity contribution < 1.29 is 27.5 Å². The molecular formula is C31H39N3O6S. The standard InChI is InChI=1S/C31H39N3O6S/c1-6-29(31(36)32-20-23(2)3)33(21-24-11-10-14-28(19-24)39-4)30(35)22-34(41(5,37)38)25-15-17-27(18-16-25)40-26-12-8-7-9-13-26/h7-19,23,29H,6,20-22H2,1-5H3,(H,32,36)/t29-/m1/s1. The Hall–Kier alpha value is -4.05. The molecule has 3 aromatic rings. The normalized spacial score (nSPS) is 12.0. The number of hydrogen-bond donors (Lipinski definition) is 1. The molecule has 0 aliphatic carbocycles. The molecule has 10 heteroatoms. The van der Waals surface area contributed by atoms with Gasteiger partial charge in [0, 0.05) is 13.1 Å². The molecule has 0 aromatic heterocycles. The van der Waals surface area contributed by atoms with Crippen LogP contribution in [-0.4, -0.2) is 57.6 Å². The van der Waals surface area contributed by atoms with Crippen LogP contribution in [0.25, 0.3) is 0 Å². The lowest BCUT2D eigenvalue weighted by Crippen LogP contribution is -2.52. The van der Waals surface area contributed by atoms with Gasteiger partial charge in [-0.25, -0.2) is 8.42 Å². The molecule has 3 rings (SSSR count). The van der Waals surface area contributed by atoms with Crippen LogP contribution in [0.2, 0.25) is 0 Å². The molecule has 2 amide bonds. The van der Waals surface area contributed by atoms with Gasteiger partial charge in [-0.05, 0) is 66.4 Å². The average molecular weight is 582 g/mol. The maximum Gasteiger partial charge on any atom is 0.244 e. The number of sulfonamides is 1. The second kappa shape index (κ2) is 14.5. The molecule has 0 radical (unpaired) electrons. The van der Waals surface area contributed by atoms with E-state index in [0.717, 1.165) is 16.1 Å². The maximum absolute atomic E-state index is 13.9. The molecule has 0 saturated carbocycles. The molecule has 220 valence electrons. The number of nitrogens with one attached hydrogen (secondary N) is 1. The molecule has 0 spiro atoms. The number of nitrogens with zero attached hydrogens (tertiary/aromatic N) is 2. The van der Waals surface area contributed by atoms with Crippen LogP contribution in [0.5, 0.6) is 17.2 Å². The van der Waals surface area contributed by atoms with Gasteiger partial charge in [-0.15, -0.1) is 0 Å². The van der Waals surface area contributed by atoms with E-state index >= 15 is 0 Å². The summed E-state index contributed by atoms with van der Waals surface area (Å²) in [5.74, 6) is 1.22. The van der Waals surface area contributed by atoms with Crippen molar-refractivity contribution in [1.29, 1.82) is 0 Å². The molecule has 3 aromatic carbocycles. The predicted molar refractivity (Wildman–Crippen MR) is 161 cm³/mol. The summed E-state index contributed by atoms with van der Waals surface area (Å²) < 4.78 is 38.0.